The maximum Gasteiger partial charge on any atom is 0.224 e. The molecule has 1 rings (SSSR count). The van der Waals surface area contributed by atoms with Crippen molar-refractivity contribution in [2.75, 3.05) is 32.9 Å². The molecule has 0 aromatic heterocycles. The highest BCUT2D eigenvalue weighted by Gasteiger charge is 2.25. The van der Waals surface area contributed by atoms with Crippen LogP contribution in [-0.2, 0) is 9.53 Å². The van der Waals surface area contributed by atoms with E-state index in [1.807, 2.05) is 0 Å². The van der Waals surface area contributed by atoms with Crippen molar-refractivity contribution in [1.29, 1.82) is 0 Å². The van der Waals surface area contributed by atoms with Gasteiger partial charge in [-0.05, 0) is 0 Å². The zero-order valence-electron chi connectivity index (χ0n) is 10.1. The minimum Gasteiger partial charge on any atom is -0.394 e. The molecule has 0 radical (unpaired) electrons. The van der Waals surface area contributed by atoms with Gasteiger partial charge in [0, 0.05) is 25.6 Å². The first-order valence-electron chi connectivity index (χ1n) is 5.86. The van der Waals surface area contributed by atoms with Gasteiger partial charge in [0.1, 0.15) is 0 Å². The SMILES string of the molecule is CC(C)NCCC(=O)N1CCOCC1CO. The van der Waals surface area contributed by atoms with E-state index >= 15 is 0 Å². The molecule has 1 amide bonds. The van der Waals surface area contributed by atoms with Gasteiger partial charge in [-0.3, -0.25) is 4.79 Å². The third-order valence-corrected chi connectivity index (χ3v) is 2.65. The number of nitrogens with one attached hydrogen (secondary N) is 1. The monoisotopic (exact) mass is 230 g/mol. The second-order valence-electron chi connectivity index (χ2n) is 4.36. The van der Waals surface area contributed by atoms with Crippen LogP contribution < -0.4 is 5.32 Å². The Balaban J connectivity index is 2.33. The van der Waals surface area contributed by atoms with Crippen molar-refractivity contribution in [1.82, 2.24) is 10.2 Å². The van der Waals surface area contributed by atoms with E-state index in [2.05, 4.69) is 19.2 Å². The Morgan fingerprint density at radius 1 is 1.62 bits per heavy atom. The van der Waals surface area contributed by atoms with Crippen molar-refractivity contribution in [3.8, 4) is 0 Å². The molecule has 1 aliphatic heterocycles. The number of hydrogen-bond donors (Lipinski definition) is 2. The Labute approximate surface area is 96.8 Å². The lowest BCUT2D eigenvalue weighted by Gasteiger charge is -2.34. The molecule has 1 atom stereocenters. The zero-order valence-corrected chi connectivity index (χ0v) is 10.1. The lowest BCUT2D eigenvalue weighted by molar-refractivity contribution is -0.141. The van der Waals surface area contributed by atoms with Gasteiger partial charge in [-0.15, -0.1) is 0 Å². The number of carbonyl (C=O) groups is 1. The van der Waals surface area contributed by atoms with E-state index in [-0.39, 0.29) is 18.6 Å². The average Bonchev–Trinajstić information content (AvgIpc) is 2.28. The Bertz CT molecular complexity index is 221. The summed E-state index contributed by atoms with van der Waals surface area (Å²) in [5, 5.41) is 12.3. The molecule has 1 unspecified atom stereocenters. The minimum atomic E-state index is -0.166. The number of ether oxygens (including phenoxy) is 1. The molecule has 0 aromatic rings. The zero-order chi connectivity index (χ0) is 12.0. The first-order chi connectivity index (χ1) is 7.65. The number of amides is 1. The fourth-order valence-corrected chi connectivity index (χ4v) is 1.75. The summed E-state index contributed by atoms with van der Waals surface area (Å²) in [4.78, 5) is 13.6. The van der Waals surface area contributed by atoms with Crippen molar-refractivity contribution in [3.63, 3.8) is 0 Å². The quantitative estimate of drug-likeness (QED) is 0.674. The van der Waals surface area contributed by atoms with Crippen molar-refractivity contribution < 1.29 is 14.6 Å². The van der Waals surface area contributed by atoms with Crippen LogP contribution in [0.2, 0.25) is 0 Å². The molecule has 2 N–H and O–H groups in total. The van der Waals surface area contributed by atoms with Crippen LogP contribution in [0, 0.1) is 0 Å². The summed E-state index contributed by atoms with van der Waals surface area (Å²) in [6.45, 7) is 6.37. The molecule has 16 heavy (non-hydrogen) atoms. The van der Waals surface area contributed by atoms with E-state index in [0.717, 1.165) is 0 Å². The summed E-state index contributed by atoms with van der Waals surface area (Å²) >= 11 is 0. The molecule has 5 heteroatoms. The van der Waals surface area contributed by atoms with Gasteiger partial charge in [-0.1, -0.05) is 13.8 Å². The molecule has 1 heterocycles. The first-order valence-corrected chi connectivity index (χ1v) is 5.86. The summed E-state index contributed by atoms with van der Waals surface area (Å²) in [7, 11) is 0. The Morgan fingerprint density at radius 2 is 2.38 bits per heavy atom. The van der Waals surface area contributed by atoms with E-state index in [0.29, 0.717) is 38.8 Å². The molecular weight excluding hydrogens is 208 g/mol. The molecule has 0 aliphatic carbocycles. The number of carbonyl (C=O) groups excluding carboxylic acids is 1. The van der Waals surface area contributed by atoms with Gasteiger partial charge < -0.3 is 20.1 Å². The van der Waals surface area contributed by atoms with Gasteiger partial charge in [0.05, 0.1) is 25.9 Å². The van der Waals surface area contributed by atoms with Crippen LogP contribution in [-0.4, -0.2) is 60.9 Å². The van der Waals surface area contributed by atoms with Crippen LogP contribution >= 0.6 is 0 Å². The molecule has 0 saturated carbocycles. The topological polar surface area (TPSA) is 61.8 Å². The van der Waals surface area contributed by atoms with E-state index in [9.17, 15) is 4.79 Å². The van der Waals surface area contributed by atoms with Gasteiger partial charge >= 0.3 is 0 Å². The molecule has 94 valence electrons. The third-order valence-electron chi connectivity index (χ3n) is 2.65. The number of aliphatic hydroxyl groups is 1. The number of morpholine rings is 1. The van der Waals surface area contributed by atoms with Gasteiger partial charge in [0.25, 0.3) is 0 Å². The maximum atomic E-state index is 11.9. The Kier molecular flexibility index (Phi) is 5.73. The van der Waals surface area contributed by atoms with E-state index in [1.54, 1.807) is 4.90 Å². The van der Waals surface area contributed by atoms with Gasteiger partial charge in [0.2, 0.25) is 5.91 Å². The van der Waals surface area contributed by atoms with E-state index in [4.69, 9.17) is 9.84 Å². The van der Waals surface area contributed by atoms with Crippen molar-refractivity contribution in [3.05, 3.63) is 0 Å². The van der Waals surface area contributed by atoms with E-state index in [1.165, 1.54) is 0 Å². The highest BCUT2D eigenvalue weighted by Crippen LogP contribution is 2.07. The predicted octanol–water partition coefficient (Wildman–Crippen LogP) is -0.406. The van der Waals surface area contributed by atoms with Crippen molar-refractivity contribution in [2.24, 2.45) is 0 Å². The summed E-state index contributed by atoms with van der Waals surface area (Å²) in [6.07, 6.45) is 0.481. The standard InChI is InChI=1S/C11H22N2O3/c1-9(2)12-4-3-11(15)13-5-6-16-8-10(13)7-14/h9-10,12,14H,3-8H2,1-2H3. The molecule has 5 nitrogen and oxygen atoms in total. The summed E-state index contributed by atoms with van der Waals surface area (Å²) in [6, 6.07) is 0.228. The second-order valence-corrected chi connectivity index (χ2v) is 4.36. The number of hydrogen-bond acceptors (Lipinski definition) is 4. The molecule has 1 aliphatic rings. The van der Waals surface area contributed by atoms with Crippen molar-refractivity contribution >= 4 is 5.91 Å². The average molecular weight is 230 g/mol. The van der Waals surface area contributed by atoms with Crippen LogP contribution in [0.25, 0.3) is 0 Å². The van der Waals surface area contributed by atoms with E-state index < -0.39 is 0 Å². The molecule has 0 bridgehead atoms. The van der Waals surface area contributed by atoms with Gasteiger partial charge in [-0.2, -0.15) is 0 Å². The fourth-order valence-electron chi connectivity index (χ4n) is 1.75. The normalized spacial score (nSPS) is 21.5. The smallest absolute Gasteiger partial charge is 0.224 e. The number of aliphatic hydroxyl groups excluding tert-OH is 1. The second kappa shape index (κ2) is 6.83. The third kappa shape index (κ3) is 4.08. The molecule has 0 aromatic carbocycles. The number of rotatable bonds is 5. The van der Waals surface area contributed by atoms with Crippen LogP contribution in [0.4, 0.5) is 0 Å². The largest absolute Gasteiger partial charge is 0.394 e. The van der Waals surface area contributed by atoms with Crippen LogP contribution in [0.15, 0.2) is 0 Å². The minimum absolute atomic E-state index is 0.0245. The molecular formula is C11H22N2O3. The Hall–Kier alpha value is -0.650. The predicted molar refractivity (Wildman–Crippen MR) is 61.2 cm³/mol. The highest BCUT2D eigenvalue weighted by atomic mass is 16.5. The van der Waals surface area contributed by atoms with Crippen LogP contribution in [0.3, 0.4) is 0 Å². The maximum absolute atomic E-state index is 11.9. The molecule has 0 spiro atoms. The van der Waals surface area contributed by atoms with Crippen LogP contribution in [0.1, 0.15) is 20.3 Å². The van der Waals surface area contributed by atoms with Gasteiger partial charge in [0.15, 0.2) is 0 Å². The molecule has 1 saturated heterocycles. The Morgan fingerprint density at radius 3 is 3.00 bits per heavy atom. The van der Waals surface area contributed by atoms with Crippen molar-refractivity contribution in [2.45, 2.75) is 32.4 Å². The highest BCUT2D eigenvalue weighted by molar-refractivity contribution is 5.76. The van der Waals surface area contributed by atoms with Crippen LogP contribution in [0.5, 0.6) is 0 Å². The summed E-state index contributed by atoms with van der Waals surface area (Å²) in [5.74, 6) is 0.0931. The fraction of sp³-hybridized carbons (Fsp3) is 0.909. The first kappa shape index (κ1) is 13.4. The number of nitrogens with zero attached hydrogens (tertiary/aromatic N) is 1. The van der Waals surface area contributed by atoms with Gasteiger partial charge in [-0.25, -0.2) is 0 Å². The molecule has 1 fully saturated rings. The lowest BCUT2D eigenvalue weighted by Crippen LogP contribution is -2.51. The lowest BCUT2D eigenvalue weighted by atomic mass is 10.2. The summed E-state index contributed by atoms with van der Waals surface area (Å²) < 4.78 is 5.23. The summed E-state index contributed by atoms with van der Waals surface area (Å²) in [5.41, 5.74) is 0.